The van der Waals surface area contributed by atoms with Crippen molar-refractivity contribution < 1.29 is 23.8 Å². The van der Waals surface area contributed by atoms with Gasteiger partial charge in [0.15, 0.2) is 18.1 Å². The minimum Gasteiger partial charge on any atom is -0.493 e. The van der Waals surface area contributed by atoms with E-state index in [4.69, 9.17) is 25.8 Å². The number of methoxy groups -OCH3 is 2. The Labute approximate surface area is 162 Å². The Balaban J connectivity index is 1.84. The Morgan fingerprint density at radius 2 is 1.85 bits per heavy atom. The molecule has 0 bridgehead atoms. The second-order valence-electron chi connectivity index (χ2n) is 5.39. The SMILES string of the molecule is COc1cccc(/C=C/C(=O)OCC(=O)NCc2ccccc2Cl)c1OC. The fraction of sp³-hybridized carbons (Fsp3) is 0.200. The van der Waals surface area contributed by atoms with Crippen molar-refractivity contribution in [3.8, 4) is 11.5 Å². The molecule has 6 nitrogen and oxygen atoms in total. The Morgan fingerprint density at radius 1 is 1.07 bits per heavy atom. The molecule has 0 unspecified atom stereocenters. The summed E-state index contributed by atoms with van der Waals surface area (Å²) in [6.45, 7) is -0.129. The van der Waals surface area contributed by atoms with Crippen LogP contribution in [-0.2, 0) is 20.9 Å². The van der Waals surface area contributed by atoms with Gasteiger partial charge in [-0.25, -0.2) is 4.79 Å². The van der Waals surface area contributed by atoms with Crippen LogP contribution in [0.4, 0.5) is 0 Å². The van der Waals surface area contributed by atoms with Gasteiger partial charge in [0.1, 0.15) is 0 Å². The quantitative estimate of drug-likeness (QED) is 0.554. The average molecular weight is 390 g/mol. The number of hydrogen-bond donors (Lipinski definition) is 1. The third kappa shape index (κ3) is 6.04. The predicted molar refractivity (Wildman–Crippen MR) is 103 cm³/mol. The molecule has 0 spiro atoms. The summed E-state index contributed by atoms with van der Waals surface area (Å²) in [6.07, 6.45) is 2.75. The third-order valence-corrected chi connectivity index (χ3v) is 3.98. The number of benzene rings is 2. The average Bonchev–Trinajstić information content (AvgIpc) is 2.69. The molecule has 0 aliphatic heterocycles. The molecule has 7 heteroatoms. The second-order valence-corrected chi connectivity index (χ2v) is 5.80. The lowest BCUT2D eigenvalue weighted by atomic mass is 10.1. The highest BCUT2D eigenvalue weighted by molar-refractivity contribution is 6.31. The maximum Gasteiger partial charge on any atom is 0.331 e. The van der Waals surface area contributed by atoms with Crippen molar-refractivity contribution in [1.29, 1.82) is 0 Å². The fourth-order valence-corrected chi connectivity index (χ4v) is 2.47. The highest BCUT2D eigenvalue weighted by Crippen LogP contribution is 2.31. The lowest BCUT2D eigenvalue weighted by Crippen LogP contribution is -2.28. The zero-order valence-corrected chi connectivity index (χ0v) is 15.8. The van der Waals surface area contributed by atoms with E-state index >= 15 is 0 Å². The standard InChI is InChI=1S/C20H20ClNO5/c1-25-17-9-5-7-14(20(17)26-2)10-11-19(24)27-13-18(23)22-12-15-6-3-4-8-16(15)21/h3-11H,12-13H2,1-2H3,(H,22,23)/b11-10+. The molecule has 0 atom stereocenters. The third-order valence-electron chi connectivity index (χ3n) is 3.61. The number of halogens is 1. The zero-order chi connectivity index (χ0) is 19.6. The van der Waals surface area contributed by atoms with Crippen molar-refractivity contribution in [2.75, 3.05) is 20.8 Å². The molecule has 0 saturated carbocycles. The van der Waals surface area contributed by atoms with Gasteiger partial charge in [0.2, 0.25) is 0 Å². The van der Waals surface area contributed by atoms with Gasteiger partial charge in [0.25, 0.3) is 5.91 Å². The summed E-state index contributed by atoms with van der Waals surface area (Å²) in [4.78, 5) is 23.6. The predicted octanol–water partition coefficient (Wildman–Crippen LogP) is 3.23. The van der Waals surface area contributed by atoms with Crippen LogP contribution >= 0.6 is 11.6 Å². The topological polar surface area (TPSA) is 73.9 Å². The molecular weight excluding hydrogens is 370 g/mol. The van der Waals surface area contributed by atoms with Gasteiger partial charge in [-0.3, -0.25) is 4.79 Å². The lowest BCUT2D eigenvalue weighted by Gasteiger charge is -2.09. The number of para-hydroxylation sites is 1. The van der Waals surface area contributed by atoms with Crippen molar-refractivity contribution in [3.63, 3.8) is 0 Å². The molecule has 0 aliphatic rings. The van der Waals surface area contributed by atoms with E-state index in [9.17, 15) is 9.59 Å². The zero-order valence-electron chi connectivity index (χ0n) is 15.0. The normalized spacial score (nSPS) is 10.5. The van der Waals surface area contributed by atoms with Crippen LogP contribution in [0.5, 0.6) is 11.5 Å². The van der Waals surface area contributed by atoms with E-state index in [0.29, 0.717) is 22.1 Å². The van der Waals surface area contributed by atoms with Crippen LogP contribution in [0.15, 0.2) is 48.5 Å². The number of ether oxygens (including phenoxy) is 3. The van der Waals surface area contributed by atoms with Crippen molar-refractivity contribution in [2.45, 2.75) is 6.54 Å². The van der Waals surface area contributed by atoms with E-state index in [-0.39, 0.29) is 13.2 Å². The van der Waals surface area contributed by atoms with Crippen molar-refractivity contribution in [3.05, 3.63) is 64.7 Å². The first-order valence-electron chi connectivity index (χ1n) is 8.11. The van der Waals surface area contributed by atoms with Gasteiger partial charge >= 0.3 is 5.97 Å². The van der Waals surface area contributed by atoms with Crippen molar-refractivity contribution in [1.82, 2.24) is 5.32 Å². The molecule has 0 aromatic heterocycles. The van der Waals surface area contributed by atoms with Gasteiger partial charge in [-0.2, -0.15) is 0 Å². The molecule has 27 heavy (non-hydrogen) atoms. The van der Waals surface area contributed by atoms with Crippen LogP contribution in [-0.4, -0.2) is 32.7 Å². The molecule has 0 fully saturated rings. The molecule has 1 amide bonds. The van der Waals surface area contributed by atoms with E-state index in [2.05, 4.69) is 5.32 Å². The van der Waals surface area contributed by atoms with Gasteiger partial charge in [-0.15, -0.1) is 0 Å². The van der Waals surface area contributed by atoms with E-state index in [0.717, 1.165) is 5.56 Å². The van der Waals surface area contributed by atoms with Gasteiger partial charge in [-0.05, 0) is 23.8 Å². The molecule has 2 aromatic rings. The van der Waals surface area contributed by atoms with Gasteiger partial charge in [0.05, 0.1) is 14.2 Å². The smallest absolute Gasteiger partial charge is 0.331 e. The molecule has 2 rings (SSSR count). The van der Waals surface area contributed by atoms with Crippen LogP contribution < -0.4 is 14.8 Å². The molecule has 0 aliphatic carbocycles. The van der Waals surface area contributed by atoms with Crippen LogP contribution in [0.3, 0.4) is 0 Å². The van der Waals surface area contributed by atoms with Crippen molar-refractivity contribution in [2.24, 2.45) is 0 Å². The van der Waals surface area contributed by atoms with Crippen LogP contribution in [0, 0.1) is 0 Å². The maximum absolute atomic E-state index is 11.8. The molecule has 0 radical (unpaired) electrons. The first-order chi connectivity index (χ1) is 13.0. The monoisotopic (exact) mass is 389 g/mol. The first-order valence-corrected chi connectivity index (χ1v) is 8.49. The largest absolute Gasteiger partial charge is 0.493 e. The Kier molecular flexibility index (Phi) is 7.70. The summed E-state index contributed by atoms with van der Waals surface area (Å²) in [5, 5.41) is 3.20. The van der Waals surface area contributed by atoms with Gasteiger partial charge in [0, 0.05) is 23.2 Å². The van der Waals surface area contributed by atoms with E-state index < -0.39 is 11.9 Å². The summed E-state index contributed by atoms with van der Waals surface area (Å²) in [5.41, 5.74) is 1.43. The Hall–Kier alpha value is -2.99. The second kappa shape index (κ2) is 10.2. The summed E-state index contributed by atoms with van der Waals surface area (Å²) in [5.74, 6) is -0.0168. The number of carbonyl (C=O) groups excluding carboxylic acids is 2. The first kappa shape index (κ1) is 20.3. The van der Waals surface area contributed by atoms with Crippen molar-refractivity contribution >= 4 is 29.6 Å². The number of nitrogens with one attached hydrogen (secondary N) is 1. The summed E-state index contributed by atoms with van der Waals surface area (Å²) in [6, 6.07) is 12.5. The highest BCUT2D eigenvalue weighted by atomic mass is 35.5. The molecule has 2 aromatic carbocycles. The minimum atomic E-state index is -0.646. The fourth-order valence-electron chi connectivity index (χ4n) is 2.27. The molecule has 142 valence electrons. The number of amides is 1. The van der Waals surface area contributed by atoms with Crippen LogP contribution in [0.2, 0.25) is 5.02 Å². The maximum atomic E-state index is 11.8. The number of hydrogen-bond acceptors (Lipinski definition) is 5. The molecular formula is C20H20ClNO5. The summed E-state index contributed by atoms with van der Waals surface area (Å²) < 4.78 is 15.4. The van der Waals surface area contributed by atoms with E-state index in [1.165, 1.54) is 26.4 Å². The number of rotatable bonds is 8. The van der Waals surface area contributed by atoms with Crippen LogP contribution in [0.1, 0.15) is 11.1 Å². The highest BCUT2D eigenvalue weighted by Gasteiger charge is 2.09. The van der Waals surface area contributed by atoms with Crippen LogP contribution in [0.25, 0.3) is 6.08 Å². The number of esters is 1. The molecule has 0 saturated heterocycles. The Morgan fingerprint density at radius 3 is 2.56 bits per heavy atom. The van der Waals surface area contributed by atoms with E-state index in [1.54, 1.807) is 36.4 Å². The minimum absolute atomic E-state index is 0.257. The lowest BCUT2D eigenvalue weighted by molar-refractivity contribution is -0.143. The molecule has 0 heterocycles. The van der Waals surface area contributed by atoms with Gasteiger partial charge in [-0.1, -0.05) is 41.9 Å². The summed E-state index contributed by atoms with van der Waals surface area (Å²) >= 11 is 6.02. The van der Waals surface area contributed by atoms with Gasteiger partial charge < -0.3 is 19.5 Å². The van der Waals surface area contributed by atoms with E-state index in [1.807, 2.05) is 6.07 Å². The Bertz CT molecular complexity index is 835. The summed E-state index contributed by atoms with van der Waals surface area (Å²) in [7, 11) is 3.04. The molecule has 1 N–H and O–H groups in total. The number of carbonyl (C=O) groups is 2.